The molecule has 1 amide bonds. The number of nitrogens with one attached hydrogen (secondary N) is 1. The lowest BCUT2D eigenvalue weighted by Gasteiger charge is -2.13. The molecular weight excluding hydrogens is 292 g/mol. The van der Waals surface area contributed by atoms with Gasteiger partial charge in [-0.2, -0.15) is 0 Å². The van der Waals surface area contributed by atoms with Crippen molar-refractivity contribution >= 4 is 28.1 Å². The fourth-order valence-electron chi connectivity index (χ4n) is 2.78. The number of hydrogen-bond acceptors (Lipinski definition) is 2. The summed E-state index contributed by atoms with van der Waals surface area (Å²) < 4.78 is 2.21. The standard InChI is InChI=1S/C18H20N2OS/c1-13-12-15-6-3-4-7-16(15)20(13)10-9-18(21)19-14(2)17-8-5-11-22-17/h3-8,11-12,14H,9-10H2,1-2H3,(H,19,21). The van der Waals surface area contributed by atoms with Crippen molar-refractivity contribution in [3.63, 3.8) is 0 Å². The van der Waals surface area contributed by atoms with Crippen LogP contribution >= 0.6 is 11.3 Å². The fourth-order valence-corrected chi connectivity index (χ4v) is 3.52. The first-order valence-electron chi connectivity index (χ1n) is 7.53. The second-order valence-electron chi connectivity index (χ2n) is 5.55. The quantitative estimate of drug-likeness (QED) is 0.749. The summed E-state index contributed by atoms with van der Waals surface area (Å²) >= 11 is 1.67. The zero-order chi connectivity index (χ0) is 15.5. The molecule has 0 fully saturated rings. The van der Waals surface area contributed by atoms with Crippen molar-refractivity contribution in [1.82, 2.24) is 9.88 Å². The van der Waals surface area contributed by atoms with E-state index in [2.05, 4.69) is 41.1 Å². The summed E-state index contributed by atoms with van der Waals surface area (Å²) in [5.74, 6) is 0.0954. The lowest BCUT2D eigenvalue weighted by atomic mass is 10.2. The van der Waals surface area contributed by atoms with Gasteiger partial charge in [-0.1, -0.05) is 24.3 Å². The summed E-state index contributed by atoms with van der Waals surface area (Å²) in [6.07, 6.45) is 0.495. The topological polar surface area (TPSA) is 34.0 Å². The molecule has 0 spiro atoms. The van der Waals surface area contributed by atoms with Crippen LogP contribution in [0.2, 0.25) is 0 Å². The van der Waals surface area contributed by atoms with Gasteiger partial charge in [0.1, 0.15) is 0 Å². The molecule has 0 saturated carbocycles. The molecule has 1 unspecified atom stereocenters. The van der Waals surface area contributed by atoms with Gasteiger partial charge in [0.25, 0.3) is 0 Å². The van der Waals surface area contributed by atoms with E-state index in [-0.39, 0.29) is 11.9 Å². The van der Waals surface area contributed by atoms with E-state index < -0.39 is 0 Å². The molecule has 1 N–H and O–H groups in total. The molecule has 2 heterocycles. The molecule has 4 heteroatoms. The molecule has 114 valence electrons. The fraction of sp³-hybridized carbons (Fsp3) is 0.278. The third kappa shape index (κ3) is 3.07. The number of benzene rings is 1. The highest BCUT2D eigenvalue weighted by Crippen LogP contribution is 2.20. The van der Waals surface area contributed by atoms with Gasteiger partial charge < -0.3 is 9.88 Å². The number of para-hydroxylation sites is 1. The van der Waals surface area contributed by atoms with Crippen LogP contribution in [0, 0.1) is 6.92 Å². The number of thiophene rings is 1. The molecule has 0 radical (unpaired) electrons. The van der Waals surface area contributed by atoms with E-state index in [1.165, 1.54) is 21.5 Å². The van der Waals surface area contributed by atoms with Crippen LogP contribution in [0.5, 0.6) is 0 Å². The molecule has 0 saturated heterocycles. The Morgan fingerprint density at radius 2 is 2.09 bits per heavy atom. The highest BCUT2D eigenvalue weighted by Gasteiger charge is 2.11. The second kappa shape index (κ2) is 6.36. The van der Waals surface area contributed by atoms with Crippen LogP contribution in [0.1, 0.15) is 30.0 Å². The molecule has 1 aromatic carbocycles. The number of aromatic nitrogens is 1. The molecule has 2 aromatic heterocycles. The first kappa shape index (κ1) is 14.9. The van der Waals surface area contributed by atoms with Crippen molar-refractivity contribution in [3.8, 4) is 0 Å². The lowest BCUT2D eigenvalue weighted by Crippen LogP contribution is -2.27. The Hall–Kier alpha value is -2.07. The Morgan fingerprint density at radius 3 is 2.86 bits per heavy atom. The molecular formula is C18H20N2OS. The molecule has 3 aromatic rings. The summed E-state index contributed by atoms with van der Waals surface area (Å²) in [6, 6.07) is 14.6. The first-order valence-corrected chi connectivity index (χ1v) is 8.41. The third-order valence-electron chi connectivity index (χ3n) is 3.93. The van der Waals surface area contributed by atoms with Gasteiger partial charge in [0.15, 0.2) is 0 Å². The molecule has 22 heavy (non-hydrogen) atoms. The van der Waals surface area contributed by atoms with Crippen molar-refractivity contribution in [2.24, 2.45) is 0 Å². The summed E-state index contributed by atoms with van der Waals surface area (Å²) in [7, 11) is 0. The Labute approximate surface area is 134 Å². The molecule has 0 bridgehead atoms. The maximum absolute atomic E-state index is 12.2. The van der Waals surface area contributed by atoms with Crippen LogP contribution in [-0.2, 0) is 11.3 Å². The number of fused-ring (bicyclic) bond motifs is 1. The van der Waals surface area contributed by atoms with Gasteiger partial charge in [0, 0.05) is 29.1 Å². The number of carbonyl (C=O) groups is 1. The largest absolute Gasteiger partial charge is 0.349 e. The molecule has 3 rings (SSSR count). The van der Waals surface area contributed by atoms with E-state index >= 15 is 0 Å². The lowest BCUT2D eigenvalue weighted by molar-refractivity contribution is -0.121. The third-order valence-corrected chi connectivity index (χ3v) is 4.98. The predicted molar refractivity (Wildman–Crippen MR) is 92.2 cm³/mol. The summed E-state index contributed by atoms with van der Waals surface area (Å²) in [6.45, 7) is 4.83. The zero-order valence-electron chi connectivity index (χ0n) is 12.9. The average molecular weight is 312 g/mol. The number of amides is 1. The van der Waals surface area contributed by atoms with Gasteiger partial charge >= 0.3 is 0 Å². The second-order valence-corrected chi connectivity index (χ2v) is 6.53. The first-order chi connectivity index (χ1) is 10.6. The monoisotopic (exact) mass is 312 g/mol. The van der Waals surface area contributed by atoms with Crippen molar-refractivity contribution in [2.45, 2.75) is 32.9 Å². The Balaban J connectivity index is 1.64. The highest BCUT2D eigenvalue weighted by molar-refractivity contribution is 7.10. The van der Waals surface area contributed by atoms with E-state index in [1.807, 2.05) is 30.5 Å². The van der Waals surface area contributed by atoms with E-state index in [4.69, 9.17) is 0 Å². The van der Waals surface area contributed by atoms with E-state index in [0.717, 1.165) is 0 Å². The minimum Gasteiger partial charge on any atom is -0.349 e. The SMILES string of the molecule is Cc1cc2ccccc2n1CCC(=O)NC(C)c1cccs1. The highest BCUT2D eigenvalue weighted by atomic mass is 32.1. The van der Waals surface area contributed by atoms with Gasteiger partial charge in [-0.05, 0) is 42.8 Å². The molecule has 0 aliphatic rings. The van der Waals surface area contributed by atoms with Crippen molar-refractivity contribution in [1.29, 1.82) is 0 Å². The van der Waals surface area contributed by atoms with Crippen LogP contribution < -0.4 is 5.32 Å². The number of hydrogen-bond donors (Lipinski definition) is 1. The van der Waals surface area contributed by atoms with E-state index in [0.29, 0.717) is 13.0 Å². The van der Waals surface area contributed by atoms with Crippen LogP contribution in [0.4, 0.5) is 0 Å². The number of rotatable bonds is 5. The maximum Gasteiger partial charge on any atom is 0.222 e. The number of carbonyl (C=O) groups excluding carboxylic acids is 1. The Morgan fingerprint density at radius 1 is 1.27 bits per heavy atom. The average Bonchev–Trinajstić information content (AvgIpc) is 3.12. The summed E-state index contributed by atoms with van der Waals surface area (Å²) in [4.78, 5) is 13.4. The number of nitrogens with zero attached hydrogens (tertiary/aromatic N) is 1. The Kier molecular flexibility index (Phi) is 4.29. The molecule has 3 nitrogen and oxygen atoms in total. The van der Waals surface area contributed by atoms with Gasteiger partial charge in [-0.3, -0.25) is 4.79 Å². The number of aryl methyl sites for hydroxylation is 2. The predicted octanol–water partition coefficient (Wildman–Crippen LogP) is 4.28. The smallest absolute Gasteiger partial charge is 0.222 e. The maximum atomic E-state index is 12.2. The van der Waals surface area contributed by atoms with Gasteiger partial charge in [-0.25, -0.2) is 0 Å². The van der Waals surface area contributed by atoms with Gasteiger partial charge in [0.05, 0.1) is 6.04 Å². The van der Waals surface area contributed by atoms with Crippen molar-refractivity contribution < 1.29 is 4.79 Å². The van der Waals surface area contributed by atoms with Crippen LogP contribution in [-0.4, -0.2) is 10.5 Å². The summed E-state index contributed by atoms with van der Waals surface area (Å²) in [5, 5.41) is 6.33. The van der Waals surface area contributed by atoms with Crippen LogP contribution in [0.15, 0.2) is 47.8 Å². The van der Waals surface area contributed by atoms with Crippen molar-refractivity contribution in [2.75, 3.05) is 0 Å². The summed E-state index contributed by atoms with van der Waals surface area (Å²) in [5.41, 5.74) is 2.39. The minimum absolute atomic E-state index is 0.0787. The van der Waals surface area contributed by atoms with Crippen molar-refractivity contribution in [3.05, 3.63) is 58.4 Å². The minimum atomic E-state index is 0.0787. The van der Waals surface area contributed by atoms with Crippen LogP contribution in [0.25, 0.3) is 10.9 Å². The van der Waals surface area contributed by atoms with Crippen LogP contribution in [0.3, 0.4) is 0 Å². The normalized spacial score (nSPS) is 12.5. The zero-order valence-corrected chi connectivity index (χ0v) is 13.7. The molecule has 0 aliphatic carbocycles. The Bertz CT molecular complexity index is 774. The molecule has 1 atom stereocenters. The van der Waals surface area contributed by atoms with E-state index in [1.54, 1.807) is 11.3 Å². The molecule has 0 aliphatic heterocycles. The van der Waals surface area contributed by atoms with E-state index in [9.17, 15) is 4.79 Å². The van der Waals surface area contributed by atoms with Gasteiger partial charge in [0.2, 0.25) is 5.91 Å². The van der Waals surface area contributed by atoms with Gasteiger partial charge in [-0.15, -0.1) is 11.3 Å².